The summed E-state index contributed by atoms with van der Waals surface area (Å²) in [5, 5.41) is 23.2. The Morgan fingerprint density at radius 3 is 2.85 bits per heavy atom. The number of nitro groups is 1. The van der Waals surface area contributed by atoms with Crippen LogP contribution in [0, 0.1) is 10.1 Å². The van der Waals surface area contributed by atoms with Gasteiger partial charge in [-0.25, -0.2) is 0 Å². The van der Waals surface area contributed by atoms with Gasteiger partial charge in [0.25, 0.3) is 5.91 Å². The fourth-order valence-electron chi connectivity index (χ4n) is 2.18. The van der Waals surface area contributed by atoms with E-state index >= 15 is 0 Å². The lowest BCUT2D eigenvalue weighted by atomic mass is 9.89. The van der Waals surface area contributed by atoms with Gasteiger partial charge < -0.3 is 15.2 Å². The number of amides is 1. The van der Waals surface area contributed by atoms with E-state index in [9.17, 15) is 20.0 Å². The normalized spacial score (nSPS) is 21.1. The summed E-state index contributed by atoms with van der Waals surface area (Å²) in [6, 6.07) is 3.87. The van der Waals surface area contributed by atoms with Crippen molar-refractivity contribution in [2.24, 2.45) is 0 Å². The minimum atomic E-state index is -0.722. The summed E-state index contributed by atoms with van der Waals surface area (Å²) in [7, 11) is 0. The molecule has 0 aromatic heterocycles. The van der Waals surface area contributed by atoms with Gasteiger partial charge in [-0.3, -0.25) is 14.9 Å². The second-order valence-electron chi connectivity index (χ2n) is 4.65. The number of nitrogens with one attached hydrogen (secondary N) is 1. The van der Waals surface area contributed by atoms with E-state index in [1.54, 1.807) is 0 Å². The fourth-order valence-corrected chi connectivity index (χ4v) is 2.18. The molecule has 1 aliphatic rings. The van der Waals surface area contributed by atoms with E-state index in [4.69, 9.17) is 4.74 Å². The van der Waals surface area contributed by atoms with E-state index in [0.29, 0.717) is 6.61 Å². The molecule has 108 valence electrons. The number of hydrogen-bond acceptors (Lipinski definition) is 5. The predicted molar refractivity (Wildman–Crippen MR) is 70.7 cm³/mol. The Balaban J connectivity index is 2.00. The van der Waals surface area contributed by atoms with Crippen LogP contribution < -0.4 is 5.32 Å². The number of nitrogens with zero attached hydrogens (tertiary/aromatic N) is 1. The van der Waals surface area contributed by atoms with Crippen molar-refractivity contribution < 1.29 is 19.6 Å². The summed E-state index contributed by atoms with van der Waals surface area (Å²) in [6.45, 7) is 2.55. The van der Waals surface area contributed by atoms with Gasteiger partial charge in [-0.1, -0.05) is 6.07 Å². The molecule has 1 aromatic rings. The SMILES string of the molecule is CCOC1CC(NC(=O)c2cccc([N+](=O)[O-])c2O)C1. The monoisotopic (exact) mass is 280 g/mol. The molecule has 0 saturated heterocycles. The van der Waals surface area contributed by atoms with Gasteiger partial charge >= 0.3 is 5.69 Å². The molecule has 1 aromatic carbocycles. The van der Waals surface area contributed by atoms with Crippen LogP contribution in [-0.4, -0.2) is 34.7 Å². The minimum Gasteiger partial charge on any atom is -0.502 e. The third kappa shape index (κ3) is 2.88. The Bertz CT molecular complexity index is 525. The van der Waals surface area contributed by atoms with Crippen molar-refractivity contribution in [1.29, 1.82) is 0 Å². The molecule has 0 bridgehead atoms. The number of benzene rings is 1. The number of carbonyl (C=O) groups excluding carboxylic acids is 1. The first-order valence-corrected chi connectivity index (χ1v) is 6.41. The van der Waals surface area contributed by atoms with E-state index in [1.165, 1.54) is 12.1 Å². The maximum absolute atomic E-state index is 12.0. The Labute approximate surface area is 115 Å². The van der Waals surface area contributed by atoms with Crippen molar-refractivity contribution in [3.05, 3.63) is 33.9 Å². The maximum Gasteiger partial charge on any atom is 0.311 e. The largest absolute Gasteiger partial charge is 0.502 e. The Hall–Kier alpha value is -2.15. The molecule has 0 unspecified atom stereocenters. The molecule has 7 nitrogen and oxygen atoms in total. The molecule has 0 aliphatic heterocycles. The summed E-state index contributed by atoms with van der Waals surface area (Å²) in [5.41, 5.74) is -0.558. The number of phenolic OH excluding ortho intramolecular Hbond substituents is 1. The topological polar surface area (TPSA) is 102 Å². The number of para-hydroxylation sites is 1. The molecule has 7 heteroatoms. The Morgan fingerprint density at radius 1 is 1.55 bits per heavy atom. The van der Waals surface area contributed by atoms with Crippen LogP contribution in [-0.2, 0) is 4.74 Å². The van der Waals surface area contributed by atoms with E-state index in [0.717, 1.165) is 18.9 Å². The van der Waals surface area contributed by atoms with Crippen LogP contribution in [0.5, 0.6) is 5.75 Å². The Kier molecular flexibility index (Phi) is 4.19. The second kappa shape index (κ2) is 5.87. The lowest BCUT2D eigenvalue weighted by Crippen LogP contribution is -2.47. The third-order valence-electron chi connectivity index (χ3n) is 3.29. The van der Waals surface area contributed by atoms with Crippen LogP contribution in [0.1, 0.15) is 30.1 Å². The van der Waals surface area contributed by atoms with Crippen molar-refractivity contribution in [3.63, 3.8) is 0 Å². The number of carbonyl (C=O) groups is 1. The van der Waals surface area contributed by atoms with Crippen LogP contribution in [0.15, 0.2) is 18.2 Å². The standard InChI is InChI=1S/C13H16N2O5/c1-2-20-9-6-8(7-9)14-13(17)10-4-3-5-11(12(10)16)15(18)19/h3-5,8-9,16H,2,6-7H2,1H3,(H,14,17). The van der Waals surface area contributed by atoms with Crippen LogP contribution >= 0.6 is 0 Å². The van der Waals surface area contributed by atoms with Crippen LogP contribution in [0.3, 0.4) is 0 Å². The van der Waals surface area contributed by atoms with Gasteiger partial charge in [-0.2, -0.15) is 0 Å². The first-order valence-electron chi connectivity index (χ1n) is 6.41. The van der Waals surface area contributed by atoms with Crippen molar-refractivity contribution in [2.75, 3.05) is 6.61 Å². The third-order valence-corrected chi connectivity index (χ3v) is 3.29. The Morgan fingerprint density at radius 2 is 2.25 bits per heavy atom. The zero-order chi connectivity index (χ0) is 14.7. The molecule has 1 aliphatic carbocycles. The minimum absolute atomic E-state index is 0.0160. The molecular weight excluding hydrogens is 264 g/mol. The van der Waals surface area contributed by atoms with Crippen molar-refractivity contribution in [3.8, 4) is 5.75 Å². The summed E-state index contributed by atoms with van der Waals surface area (Å²) < 4.78 is 5.38. The van der Waals surface area contributed by atoms with Crippen molar-refractivity contribution in [1.82, 2.24) is 5.32 Å². The average molecular weight is 280 g/mol. The summed E-state index contributed by atoms with van der Waals surface area (Å²) >= 11 is 0. The molecule has 1 fully saturated rings. The molecule has 0 atom stereocenters. The summed E-state index contributed by atoms with van der Waals surface area (Å²) in [5.74, 6) is -1.11. The van der Waals surface area contributed by atoms with Crippen molar-refractivity contribution >= 4 is 11.6 Å². The lowest BCUT2D eigenvalue weighted by molar-refractivity contribution is -0.385. The van der Waals surface area contributed by atoms with E-state index in [-0.39, 0.29) is 17.7 Å². The highest BCUT2D eigenvalue weighted by Gasteiger charge is 2.32. The molecular formula is C13H16N2O5. The average Bonchev–Trinajstić information content (AvgIpc) is 2.36. The summed E-state index contributed by atoms with van der Waals surface area (Å²) in [4.78, 5) is 22.0. The highest BCUT2D eigenvalue weighted by atomic mass is 16.6. The number of phenols is 1. The van der Waals surface area contributed by atoms with Gasteiger partial charge in [0.15, 0.2) is 0 Å². The van der Waals surface area contributed by atoms with Gasteiger partial charge in [0.2, 0.25) is 5.75 Å². The lowest BCUT2D eigenvalue weighted by Gasteiger charge is -2.35. The molecule has 1 amide bonds. The van der Waals surface area contributed by atoms with Gasteiger partial charge in [0.05, 0.1) is 16.6 Å². The highest BCUT2D eigenvalue weighted by molar-refractivity contribution is 5.98. The summed E-state index contributed by atoms with van der Waals surface area (Å²) in [6.07, 6.45) is 1.59. The van der Waals surface area contributed by atoms with Crippen LogP contribution in [0.4, 0.5) is 5.69 Å². The maximum atomic E-state index is 12.0. The van der Waals surface area contributed by atoms with Gasteiger partial charge in [0.1, 0.15) is 0 Å². The van der Waals surface area contributed by atoms with Gasteiger partial charge in [-0.15, -0.1) is 0 Å². The number of aromatic hydroxyl groups is 1. The highest BCUT2D eigenvalue weighted by Crippen LogP contribution is 2.30. The fraction of sp³-hybridized carbons (Fsp3) is 0.462. The molecule has 1 saturated carbocycles. The number of rotatable bonds is 5. The second-order valence-corrected chi connectivity index (χ2v) is 4.65. The number of nitro benzene ring substituents is 1. The quantitative estimate of drug-likeness (QED) is 0.630. The zero-order valence-corrected chi connectivity index (χ0v) is 11.0. The van der Waals surface area contributed by atoms with E-state index < -0.39 is 22.3 Å². The number of hydrogen-bond donors (Lipinski definition) is 2. The molecule has 0 heterocycles. The van der Waals surface area contributed by atoms with Gasteiger partial charge in [-0.05, 0) is 25.8 Å². The van der Waals surface area contributed by atoms with Crippen molar-refractivity contribution in [2.45, 2.75) is 31.9 Å². The van der Waals surface area contributed by atoms with Crippen LogP contribution in [0.2, 0.25) is 0 Å². The first-order chi connectivity index (χ1) is 9.52. The smallest absolute Gasteiger partial charge is 0.311 e. The van der Waals surface area contributed by atoms with Crippen LogP contribution in [0.25, 0.3) is 0 Å². The predicted octanol–water partition coefficient (Wildman–Crippen LogP) is 1.60. The zero-order valence-electron chi connectivity index (χ0n) is 11.0. The van der Waals surface area contributed by atoms with E-state index in [2.05, 4.69) is 5.32 Å². The molecule has 0 radical (unpaired) electrons. The van der Waals surface area contributed by atoms with E-state index in [1.807, 2.05) is 6.92 Å². The molecule has 2 rings (SSSR count). The van der Waals surface area contributed by atoms with Gasteiger partial charge in [0, 0.05) is 18.7 Å². The first kappa shape index (κ1) is 14.3. The molecule has 20 heavy (non-hydrogen) atoms. The molecule has 0 spiro atoms. The molecule has 2 N–H and O–H groups in total. The number of ether oxygens (including phenoxy) is 1.